The summed E-state index contributed by atoms with van der Waals surface area (Å²) in [6, 6.07) is 8.82. The Morgan fingerprint density at radius 3 is 2.24 bits per heavy atom. The van der Waals surface area contributed by atoms with Gasteiger partial charge in [0.1, 0.15) is 11.6 Å². The zero-order valence-electron chi connectivity index (χ0n) is 8.65. The van der Waals surface area contributed by atoms with Crippen molar-refractivity contribution in [2.24, 2.45) is 0 Å². The van der Waals surface area contributed by atoms with Crippen molar-refractivity contribution >= 4 is 5.97 Å². The molecule has 17 heavy (non-hydrogen) atoms. The monoisotopic (exact) mass is 234 g/mol. The Labute approximate surface area is 96.1 Å². The van der Waals surface area contributed by atoms with Crippen LogP contribution < -0.4 is 0 Å². The van der Waals surface area contributed by atoms with Gasteiger partial charge < -0.3 is 5.11 Å². The van der Waals surface area contributed by atoms with Crippen LogP contribution in [0.15, 0.2) is 42.5 Å². The quantitative estimate of drug-likeness (QED) is 0.865. The number of benzene rings is 2. The van der Waals surface area contributed by atoms with E-state index < -0.39 is 17.6 Å². The topological polar surface area (TPSA) is 37.3 Å². The summed E-state index contributed by atoms with van der Waals surface area (Å²) < 4.78 is 26.4. The van der Waals surface area contributed by atoms with Crippen LogP contribution in [0, 0.1) is 11.6 Å². The predicted octanol–water partition coefficient (Wildman–Crippen LogP) is 3.33. The molecule has 0 bridgehead atoms. The molecule has 0 saturated heterocycles. The maximum Gasteiger partial charge on any atom is 0.336 e. The van der Waals surface area contributed by atoms with Crippen LogP contribution in [0.3, 0.4) is 0 Å². The van der Waals surface area contributed by atoms with Crippen molar-refractivity contribution < 1.29 is 18.7 Å². The van der Waals surface area contributed by atoms with Gasteiger partial charge in [-0.2, -0.15) is 0 Å². The highest BCUT2D eigenvalue weighted by atomic mass is 19.1. The van der Waals surface area contributed by atoms with Gasteiger partial charge in [-0.1, -0.05) is 18.2 Å². The number of carbonyl (C=O) groups is 1. The molecule has 0 aliphatic carbocycles. The van der Waals surface area contributed by atoms with E-state index in [0.717, 1.165) is 12.1 Å². The molecule has 2 rings (SSSR count). The number of rotatable bonds is 2. The van der Waals surface area contributed by atoms with Crippen molar-refractivity contribution in [3.63, 3.8) is 0 Å². The first kappa shape index (κ1) is 11.3. The summed E-state index contributed by atoms with van der Waals surface area (Å²) in [4.78, 5) is 11.0. The van der Waals surface area contributed by atoms with Gasteiger partial charge in [0.15, 0.2) is 0 Å². The molecule has 0 aliphatic rings. The lowest BCUT2D eigenvalue weighted by molar-refractivity contribution is 0.0697. The first-order valence-corrected chi connectivity index (χ1v) is 4.87. The molecule has 0 amide bonds. The predicted molar refractivity (Wildman–Crippen MR) is 58.8 cm³/mol. The molecular formula is C13H8F2O2. The van der Waals surface area contributed by atoms with E-state index in [2.05, 4.69) is 0 Å². The maximum absolute atomic E-state index is 13.6. The minimum atomic E-state index is -1.22. The number of hydrogen-bond acceptors (Lipinski definition) is 1. The molecule has 2 nitrogen and oxygen atoms in total. The van der Waals surface area contributed by atoms with Gasteiger partial charge in [-0.3, -0.25) is 0 Å². The Morgan fingerprint density at radius 2 is 1.65 bits per heavy atom. The number of carboxylic acid groups (broad SMARTS) is 1. The molecule has 0 fully saturated rings. The third kappa shape index (κ3) is 2.15. The summed E-state index contributed by atoms with van der Waals surface area (Å²) in [5.74, 6) is -2.32. The van der Waals surface area contributed by atoms with Gasteiger partial charge in [0.25, 0.3) is 0 Å². The average molecular weight is 234 g/mol. The average Bonchev–Trinajstić information content (AvgIpc) is 2.30. The second-order valence-electron chi connectivity index (χ2n) is 3.47. The normalized spacial score (nSPS) is 10.2. The van der Waals surface area contributed by atoms with Gasteiger partial charge in [0.2, 0.25) is 0 Å². The lowest BCUT2D eigenvalue weighted by atomic mass is 9.99. The number of hydrogen-bond donors (Lipinski definition) is 1. The van der Waals surface area contributed by atoms with Crippen molar-refractivity contribution in [2.45, 2.75) is 0 Å². The van der Waals surface area contributed by atoms with Crippen LogP contribution in [0.5, 0.6) is 0 Å². The summed E-state index contributed by atoms with van der Waals surface area (Å²) in [7, 11) is 0. The zero-order chi connectivity index (χ0) is 12.4. The fourth-order valence-electron chi connectivity index (χ4n) is 1.61. The van der Waals surface area contributed by atoms with Crippen molar-refractivity contribution in [1.82, 2.24) is 0 Å². The molecule has 1 N–H and O–H groups in total. The zero-order valence-corrected chi connectivity index (χ0v) is 8.65. The molecule has 4 heteroatoms. The largest absolute Gasteiger partial charge is 0.478 e. The highest BCUT2D eigenvalue weighted by Crippen LogP contribution is 2.27. The van der Waals surface area contributed by atoms with E-state index in [9.17, 15) is 13.6 Å². The molecule has 86 valence electrons. The Bertz CT molecular complexity index is 562. The summed E-state index contributed by atoms with van der Waals surface area (Å²) in [5.41, 5.74) is 0.165. The molecule has 0 aliphatic heterocycles. The van der Waals surface area contributed by atoms with Gasteiger partial charge in [0.05, 0.1) is 5.56 Å². The number of halogens is 2. The highest BCUT2D eigenvalue weighted by molar-refractivity contribution is 5.96. The number of aromatic carboxylic acids is 1. The first-order chi connectivity index (χ1) is 8.09. The van der Waals surface area contributed by atoms with Crippen LogP contribution >= 0.6 is 0 Å². The molecule has 0 atom stereocenters. The van der Waals surface area contributed by atoms with E-state index in [0.29, 0.717) is 5.56 Å². The van der Waals surface area contributed by atoms with Crippen LogP contribution in [-0.2, 0) is 0 Å². The summed E-state index contributed by atoms with van der Waals surface area (Å²) >= 11 is 0. The maximum atomic E-state index is 13.6. The SMILES string of the molecule is O=C(O)c1cccc(F)c1-c1ccc(F)cc1. The Hall–Kier alpha value is -2.23. The first-order valence-electron chi connectivity index (χ1n) is 4.87. The highest BCUT2D eigenvalue weighted by Gasteiger charge is 2.15. The molecule has 0 unspecified atom stereocenters. The van der Waals surface area contributed by atoms with E-state index in [1.54, 1.807) is 0 Å². The Morgan fingerprint density at radius 1 is 1.00 bits per heavy atom. The van der Waals surface area contributed by atoms with Crippen LogP contribution in [0.4, 0.5) is 8.78 Å². The summed E-state index contributed by atoms with van der Waals surface area (Å²) in [6.45, 7) is 0. The van der Waals surface area contributed by atoms with E-state index in [1.165, 1.54) is 30.3 Å². The van der Waals surface area contributed by atoms with Gasteiger partial charge >= 0.3 is 5.97 Å². The minimum Gasteiger partial charge on any atom is -0.478 e. The Balaban J connectivity index is 2.65. The summed E-state index contributed by atoms with van der Waals surface area (Å²) in [5, 5.41) is 8.97. The van der Waals surface area contributed by atoms with Crippen molar-refractivity contribution in [3.8, 4) is 11.1 Å². The van der Waals surface area contributed by atoms with Crippen LogP contribution in [0.1, 0.15) is 10.4 Å². The molecule has 2 aromatic carbocycles. The minimum absolute atomic E-state index is 0.0278. The van der Waals surface area contributed by atoms with E-state index in [4.69, 9.17) is 5.11 Å². The van der Waals surface area contributed by atoms with Crippen LogP contribution in [0.2, 0.25) is 0 Å². The fraction of sp³-hybridized carbons (Fsp3) is 0. The second kappa shape index (κ2) is 4.33. The van der Waals surface area contributed by atoms with Crippen molar-refractivity contribution in [3.05, 3.63) is 59.7 Å². The molecular weight excluding hydrogens is 226 g/mol. The molecule has 0 heterocycles. The smallest absolute Gasteiger partial charge is 0.336 e. The molecule has 2 aromatic rings. The molecule has 0 aromatic heterocycles. The van der Waals surface area contributed by atoms with Crippen LogP contribution in [-0.4, -0.2) is 11.1 Å². The fourth-order valence-corrected chi connectivity index (χ4v) is 1.61. The van der Waals surface area contributed by atoms with E-state index in [-0.39, 0.29) is 11.1 Å². The Kier molecular flexibility index (Phi) is 2.87. The number of carboxylic acids is 1. The molecule has 0 radical (unpaired) electrons. The van der Waals surface area contributed by atoms with Gasteiger partial charge in [0, 0.05) is 5.56 Å². The third-order valence-electron chi connectivity index (χ3n) is 2.38. The summed E-state index contributed by atoms with van der Waals surface area (Å²) in [6.07, 6.45) is 0. The van der Waals surface area contributed by atoms with E-state index >= 15 is 0 Å². The molecule has 0 saturated carbocycles. The van der Waals surface area contributed by atoms with Gasteiger partial charge in [-0.25, -0.2) is 13.6 Å². The standard InChI is InChI=1S/C13H8F2O2/c14-9-6-4-8(5-7-9)12-10(13(16)17)2-1-3-11(12)15/h1-7H,(H,16,17). The lowest BCUT2D eigenvalue weighted by Crippen LogP contribution is -2.01. The van der Waals surface area contributed by atoms with Crippen LogP contribution in [0.25, 0.3) is 11.1 Å². The van der Waals surface area contributed by atoms with Crippen molar-refractivity contribution in [2.75, 3.05) is 0 Å². The van der Waals surface area contributed by atoms with Gasteiger partial charge in [-0.05, 0) is 29.8 Å². The molecule has 0 spiro atoms. The van der Waals surface area contributed by atoms with Crippen molar-refractivity contribution in [1.29, 1.82) is 0 Å². The lowest BCUT2D eigenvalue weighted by Gasteiger charge is -2.07. The van der Waals surface area contributed by atoms with Gasteiger partial charge in [-0.15, -0.1) is 0 Å². The van der Waals surface area contributed by atoms with E-state index in [1.807, 2.05) is 0 Å². The second-order valence-corrected chi connectivity index (χ2v) is 3.47. The third-order valence-corrected chi connectivity index (χ3v) is 2.38.